The number of benzene rings is 2. The highest BCUT2D eigenvalue weighted by atomic mass is 32.1. The van der Waals surface area contributed by atoms with Crippen LogP contribution in [0.2, 0.25) is 0 Å². The zero-order chi connectivity index (χ0) is 19.8. The monoisotopic (exact) mass is 387 g/mol. The molecule has 2 rings (SSSR count). The molecule has 1 amide bonds. The van der Waals surface area contributed by atoms with Crippen molar-refractivity contribution in [1.82, 2.24) is 5.06 Å². The van der Waals surface area contributed by atoms with E-state index in [0.717, 1.165) is 17.5 Å². The highest BCUT2D eigenvalue weighted by molar-refractivity contribution is 7.85. The van der Waals surface area contributed by atoms with Gasteiger partial charge in [-0.25, -0.2) is 5.06 Å². The Hall–Kier alpha value is -2.44. The van der Waals surface area contributed by atoms with Crippen LogP contribution in [0.5, 0.6) is 11.5 Å². The van der Waals surface area contributed by atoms with Crippen LogP contribution >= 0.6 is 12.6 Å². The molecule has 0 spiro atoms. The quantitative estimate of drug-likeness (QED) is 0.311. The number of carbonyl (C=O) groups excluding carboxylic acids is 1. The van der Waals surface area contributed by atoms with Crippen LogP contribution < -0.4 is 9.47 Å². The second-order valence-corrected chi connectivity index (χ2v) is 6.47. The van der Waals surface area contributed by atoms with Gasteiger partial charge >= 0.3 is 0 Å². The molecular weight excluding hydrogens is 362 g/mol. The normalized spacial score (nSPS) is 11.2. The summed E-state index contributed by atoms with van der Waals surface area (Å²) in [6.45, 7) is 2.22. The number of rotatable bonds is 8. The summed E-state index contributed by atoms with van der Waals surface area (Å²) in [7, 11) is 3.14. The van der Waals surface area contributed by atoms with Gasteiger partial charge in [0, 0.05) is 0 Å². The topological polar surface area (TPSA) is 59.0 Å². The molecule has 6 heteroatoms. The van der Waals surface area contributed by atoms with Gasteiger partial charge < -0.3 is 9.47 Å². The first-order chi connectivity index (χ1) is 13.0. The molecule has 0 radical (unpaired) electrons. The van der Waals surface area contributed by atoms with Crippen molar-refractivity contribution in [3.8, 4) is 11.5 Å². The Labute approximate surface area is 165 Å². The van der Waals surface area contributed by atoms with Gasteiger partial charge in [0.15, 0.2) is 11.5 Å². The van der Waals surface area contributed by atoms with E-state index in [4.69, 9.17) is 9.47 Å². The third-order valence-corrected chi connectivity index (χ3v) is 4.53. The first kappa shape index (κ1) is 20.9. The molecule has 0 unspecified atom stereocenters. The number of carbonyl (C=O) groups is 1. The molecule has 0 aliphatic rings. The molecule has 0 atom stereocenters. The van der Waals surface area contributed by atoms with Crippen molar-refractivity contribution in [3.05, 3.63) is 64.1 Å². The molecule has 0 aliphatic carbocycles. The van der Waals surface area contributed by atoms with Gasteiger partial charge in [0.25, 0.3) is 5.91 Å². The lowest BCUT2D eigenvalue weighted by Gasteiger charge is -2.16. The Bertz CT molecular complexity index is 802. The molecule has 27 heavy (non-hydrogen) atoms. The van der Waals surface area contributed by atoms with E-state index in [1.807, 2.05) is 36.4 Å². The molecule has 1 N–H and O–H groups in total. The Morgan fingerprint density at radius 2 is 1.70 bits per heavy atom. The van der Waals surface area contributed by atoms with Crippen molar-refractivity contribution in [3.63, 3.8) is 0 Å². The molecule has 0 heterocycles. The minimum atomic E-state index is -0.543. The number of thiol groups is 1. The molecule has 5 nitrogen and oxygen atoms in total. The van der Waals surface area contributed by atoms with Gasteiger partial charge in [0.2, 0.25) is 0 Å². The van der Waals surface area contributed by atoms with E-state index in [1.54, 1.807) is 26.4 Å². The van der Waals surface area contributed by atoms with Crippen molar-refractivity contribution in [1.29, 1.82) is 0 Å². The lowest BCUT2D eigenvalue weighted by molar-refractivity contribution is -0.159. The van der Waals surface area contributed by atoms with Crippen LogP contribution in [0.1, 0.15) is 23.6 Å². The van der Waals surface area contributed by atoms with E-state index in [2.05, 4.69) is 19.6 Å². The predicted octanol–water partition coefficient (Wildman–Crippen LogP) is 4.00. The molecule has 0 aliphatic heterocycles. The first-order valence-electron chi connectivity index (χ1n) is 8.69. The summed E-state index contributed by atoms with van der Waals surface area (Å²) in [5.41, 5.74) is 3.00. The highest BCUT2D eigenvalue weighted by Crippen LogP contribution is 2.27. The maximum absolute atomic E-state index is 12.3. The van der Waals surface area contributed by atoms with Crippen LogP contribution in [-0.2, 0) is 17.6 Å². The lowest BCUT2D eigenvalue weighted by atomic mass is 10.1. The summed E-state index contributed by atoms with van der Waals surface area (Å²) in [6, 6.07) is 13.3. The Kier molecular flexibility index (Phi) is 7.76. The number of hydrogen-bond acceptors (Lipinski definition) is 5. The zero-order valence-corrected chi connectivity index (χ0v) is 16.7. The second-order valence-electron chi connectivity index (χ2n) is 5.99. The fraction of sp³-hybridized carbons (Fsp3) is 0.286. The van der Waals surface area contributed by atoms with Gasteiger partial charge in [-0.05, 0) is 47.7 Å². The minimum Gasteiger partial charge on any atom is -0.493 e. The average molecular weight is 388 g/mol. The van der Waals surface area contributed by atoms with Gasteiger partial charge in [0.05, 0.1) is 25.7 Å². The van der Waals surface area contributed by atoms with Crippen LogP contribution in [0, 0.1) is 0 Å². The second kappa shape index (κ2) is 10.0. The Morgan fingerprint density at radius 3 is 2.30 bits per heavy atom. The largest absolute Gasteiger partial charge is 0.493 e. The molecule has 144 valence electrons. The summed E-state index contributed by atoms with van der Waals surface area (Å²) in [5.74, 6) is 0.697. The molecule has 2 aromatic rings. The van der Waals surface area contributed by atoms with Gasteiger partial charge in [-0.15, -0.1) is 12.6 Å². The molecule has 0 aromatic heterocycles. The first-order valence-corrected chi connectivity index (χ1v) is 9.14. The number of ether oxygens (including phenoxy) is 2. The number of nitrogens with zero attached hydrogens (tertiary/aromatic N) is 1. The van der Waals surface area contributed by atoms with Gasteiger partial charge in [-0.1, -0.05) is 37.3 Å². The standard InChI is InChI=1S/C21H25NO4S/c1-4-15-5-7-16(8-6-15)14-20(27)21(23)22(24)12-11-17-9-10-18(25-2)19(13-17)26-3/h5-10,13-14,24,27H,4,11-12H2,1-3H3/b20-14-. The summed E-state index contributed by atoms with van der Waals surface area (Å²) < 4.78 is 10.5. The smallest absolute Gasteiger partial charge is 0.283 e. The van der Waals surface area contributed by atoms with Crippen LogP contribution in [-0.4, -0.2) is 36.9 Å². The summed E-state index contributed by atoms with van der Waals surface area (Å²) in [4.78, 5) is 12.5. The van der Waals surface area contributed by atoms with Crippen LogP contribution in [0.4, 0.5) is 0 Å². The van der Waals surface area contributed by atoms with Crippen LogP contribution in [0.3, 0.4) is 0 Å². The third kappa shape index (κ3) is 5.77. The SMILES string of the molecule is CCc1ccc(/C=C(\S)C(=O)N(O)CCc2ccc(OC)c(OC)c2)cc1. The Balaban J connectivity index is 1.99. The highest BCUT2D eigenvalue weighted by Gasteiger charge is 2.14. The van der Waals surface area contributed by atoms with E-state index >= 15 is 0 Å². The summed E-state index contributed by atoms with van der Waals surface area (Å²) in [6.07, 6.45) is 3.07. The molecule has 0 fully saturated rings. The average Bonchev–Trinajstić information content (AvgIpc) is 2.71. The van der Waals surface area contributed by atoms with Crippen LogP contribution in [0.15, 0.2) is 47.4 Å². The fourth-order valence-electron chi connectivity index (χ4n) is 2.57. The zero-order valence-electron chi connectivity index (χ0n) is 15.8. The molecule has 0 bridgehead atoms. The number of methoxy groups -OCH3 is 2. The fourth-order valence-corrected chi connectivity index (χ4v) is 2.84. The van der Waals surface area contributed by atoms with Crippen molar-refractivity contribution in [2.45, 2.75) is 19.8 Å². The van der Waals surface area contributed by atoms with E-state index in [0.29, 0.717) is 23.0 Å². The van der Waals surface area contributed by atoms with Gasteiger partial charge in [-0.2, -0.15) is 0 Å². The van der Waals surface area contributed by atoms with E-state index in [1.165, 1.54) is 5.56 Å². The van der Waals surface area contributed by atoms with Crippen molar-refractivity contribution in [2.24, 2.45) is 0 Å². The van der Waals surface area contributed by atoms with Gasteiger partial charge in [0.1, 0.15) is 0 Å². The third-order valence-electron chi connectivity index (χ3n) is 4.21. The Morgan fingerprint density at radius 1 is 1.07 bits per heavy atom. The van der Waals surface area contributed by atoms with E-state index in [9.17, 15) is 10.0 Å². The van der Waals surface area contributed by atoms with Gasteiger partial charge in [-0.3, -0.25) is 10.0 Å². The molecule has 0 saturated heterocycles. The maximum atomic E-state index is 12.3. The molecule has 0 saturated carbocycles. The predicted molar refractivity (Wildman–Crippen MR) is 110 cm³/mol. The molecular formula is C21H25NO4S. The number of amides is 1. The molecule has 2 aromatic carbocycles. The van der Waals surface area contributed by atoms with Crippen LogP contribution in [0.25, 0.3) is 6.08 Å². The summed E-state index contributed by atoms with van der Waals surface area (Å²) >= 11 is 4.24. The maximum Gasteiger partial charge on any atom is 0.283 e. The number of hydrogen-bond donors (Lipinski definition) is 2. The van der Waals surface area contributed by atoms with Crippen molar-refractivity contribution < 1.29 is 19.5 Å². The van der Waals surface area contributed by atoms with E-state index in [-0.39, 0.29) is 11.4 Å². The van der Waals surface area contributed by atoms with Crippen molar-refractivity contribution >= 4 is 24.6 Å². The van der Waals surface area contributed by atoms with E-state index < -0.39 is 5.91 Å². The number of hydroxylamine groups is 2. The lowest BCUT2D eigenvalue weighted by Crippen LogP contribution is -2.29. The number of aryl methyl sites for hydroxylation is 1. The summed E-state index contributed by atoms with van der Waals surface area (Å²) in [5, 5.41) is 10.8. The minimum absolute atomic E-state index is 0.140. The van der Waals surface area contributed by atoms with Crippen molar-refractivity contribution in [2.75, 3.05) is 20.8 Å².